The molecule has 0 amide bonds. The number of nitrogens with zero attached hydrogens (tertiary/aromatic N) is 2. The summed E-state index contributed by atoms with van der Waals surface area (Å²) in [6, 6.07) is 10.4. The molecule has 102 valence electrons. The molecule has 1 aromatic carbocycles. The van der Waals surface area contributed by atoms with E-state index in [1.54, 1.807) is 4.68 Å². The van der Waals surface area contributed by atoms with E-state index in [1.165, 1.54) is 5.56 Å². The molecule has 5 heteroatoms. The molecule has 4 nitrogen and oxygen atoms in total. The van der Waals surface area contributed by atoms with Crippen LogP contribution < -0.4 is 11.3 Å². The summed E-state index contributed by atoms with van der Waals surface area (Å²) < 4.78 is 1.70. The smallest absolute Gasteiger partial charge is 0.130 e. The fourth-order valence-corrected chi connectivity index (χ4v) is 2.49. The molecule has 2 rings (SSSR count). The maximum atomic E-state index is 6.25. The van der Waals surface area contributed by atoms with Crippen LogP contribution in [-0.2, 0) is 19.9 Å². The fourth-order valence-electron chi connectivity index (χ4n) is 2.24. The van der Waals surface area contributed by atoms with Gasteiger partial charge in [-0.05, 0) is 25.3 Å². The van der Waals surface area contributed by atoms with Crippen LogP contribution in [0.1, 0.15) is 16.8 Å². The molecule has 0 aliphatic heterocycles. The van der Waals surface area contributed by atoms with Crippen molar-refractivity contribution >= 4 is 11.6 Å². The van der Waals surface area contributed by atoms with E-state index in [4.69, 9.17) is 17.4 Å². The number of rotatable bonds is 5. The molecular formula is C14H19ClN4. The summed E-state index contributed by atoms with van der Waals surface area (Å²) in [5.74, 6) is 5.66. The summed E-state index contributed by atoms with van der Waals surface area (Å²) in [6.45, 7) is 1.97. The Morgan fingerprint density at radius 3 is 2.53 bits per heavy atom. The van der Waals surface area contributed by atoms with E-state index in [2.05, 4.69) is 22.7 Å². The van der Waals surface area contributed by atoms with Crippen LogP contribution in [0.15, 0.2) is 30.3 Å². The van der Waals surface area contributed by atoms with Gasteiger partial charge >= 0.3 is 0 Å². The lowest BCUT2D eigenvalue weighted by molar-refractivity contribution is 0.521. The van der Waals surface area contributed by atoms with E-state index in [1.807, 2.05) is 32.2 Å². The lowest BCUT2D eigenvalue weighted by atomic mass is 10.00. The van der Waals surface area contributed by atoms with Gasteiger partial charge in [0.2, 0.25) is 0 Å². The lowest BCUT2D eigenvalue weighted by Crippen LogP contribution is -2.38. The Labute approximate surface area is 118 Å². The van der Waals surface area contributed by atoms with Crippen molar-refractivity contribution in [3.63, 3.8) is 0 Å². The summed E-state index contributed by atoms with van der Waals surface area (Å²) in [5.41, 5.74) is 6.14. The molecule has 0 aliphatic carbocycles. The Morgan fingerprint density at radius 1 is 1.32 bits per heavy atom. The summed E-state index contributed by atoms with van der Waals surface area (Å²) in [5, 5.41) is 5.01. The molecule has 0 fully saturated rings. The van der Waals surface area contributed by atoms with Gasteiger partial charge in [-0.15, -0.1) is 0 Å². The fraction of sp³-hybridized carbons (Fsp3) is 0.357. The van der Waals surface area contributed by atoms with Gasteiger partial charge in [-0.1, -0.05) is 41.9 Å². The SMILES string of the molecule is Cc1nn(C)c(Cl)c1CC(Cc1ccccc1)NN. The average Bonchev–Trinajstić information content (AvgIpc) is 2.65. The minimum Gasteiger partial charge on any atom is -0.271 e. The Hall–Kier alpha value is -1.36. The van der Waals surface area contributed by atoms with Crippen LogP contribution in [0.25, 0.3) is 0 Å². The van der Waals surface area contributed by atoms with Gasteiger partial charge < -0.3 is 0 Å². The molecule has 19 heavy (non-hydrogen) atoms. The highest BCUT2D eigenvalue weighted by Gasteiger charge is 2.16. The standard InChI is InChI=1S/C14H19ClN4/c1-10-13(14(15)19(2)18-10)9-12(17-16)8-11-6-4-3-5-7-11/h3-7,12,17H,8-9,16H2,1-2H3. The Bertz CT molecular complexity index is 536. The molecule has 2 aromatic rings. The number of hydrogen-bond donors (Lipinski definition) is 2. The third-order valence-corrected chi connectivity index (χ3v) is 3.75. The first kappa shape index (κ1) is 14.1. The topological polar surface area (TPSA) is 55.9 Å². The van der Waals surface area contributed by atoms with Crippen LogP contribution >= 0.6 is 11.6 Å². The molecule has 0 radical (unpaired) electrons. The number of halogens is 1. The van der Waals surface area contributed by atoms with Gasteiger partial charge in [-0.3, -0.25) is 16.0 Å². The van der Waals surface area contributed by atoms with Gasteiger partial charge in [0.1, 0.15) is 5.15 Å². The number of hydrogen-bond acceptors (Lipinski definition) is 3. The lowest BCUT2D eigenvalue weighted by Gasteiger charge is -2.16. The van der Waals surface area contributed by atoms with Crippen LogP contribution in [0.3, 0.4) is 0 Å². The highest BCUT2D eigenvalue weighted by atomic mass is 35.5. The Kier molecular flexibility index (Phi) is 4.58. The predicted molar refractivity (Wildman–Crippen MR) is 77.9 cm³/mol. The van der Waals surface area contributed by atoms with Crippen molar-refractivity contribution in [3.05, 3.63) is 52.3 Å². The third kappa shape index (κ3) is 3.35. The summed E-state index contributed by atoms with van der Waals surface area (Å²) in [6.07, 6.45) is 1.63. The molecule has 0 aliphatic rings. The average molecular weight is 279 g/mol. The van der Waals surface area contributed by atoms with Crippen molar-refractivity contribution in [2.24, 2.45) is 12.9 Å². The van der Waals surface area contributed by atoms with Crippen molar-refractivity contribution in [1.82, 2.24) is 15.2 Å². The number of nitrogens with one attached hydrogen (secondary N) is 1. The molecule has 1 heterocycles. The largest absolute Gasteiger partial charge is 0.271 e. The number of nitrogens with two attached hydrogens (primary N) is 1. The van der Waals surface area contributed by atoms with Crippen LogP contribution in [0.5, 0.6) is 0 Å². The van der Waals surface area contributed by atoms with Crippen LogP contribution in [-0.4, -0.2) is 15.8 Å². The van der Waals surface area contributed by atoms with Gasteiger partial charge in [0.15, 0.2) is 0 Å². The maximum absolute atomic E-state index is 6.25. The Morgan fingerprint density at radius 2 is 2.00 bits per heavy atom. The number of aryl methyl sites for hydroxylation is 2. The van der Waals surface area contributed by atoms with Gasteiger partial charge in [0, 0.05) is 18.7 Å². The van der Waals surface area contributed by atoms with Gasteiger partial charge in [-0.25, -0.2) is 0 Å². The van der Waals surface area contributed by atoms with Crippen molar-refractivity contribution in [2.75, 3.05) is 0 Å². The third-order valence-electron chi connectivity index (χ3n) is 3.28. The van der Waals surface area contributed by atoms with Crippen LogP contribution in [0.4, 0.5) is 0 Å². The van der Waals surface area contributed by atoms with Crippen LogP contribution in [0.2, 0.25) is 5.15 Å². The highest BCUT2D eigenvalue weighted by Crippen LogP contribution is 2.21. The highest BCUT2D eigenvalue weighted by molar-refractivity contribution is 6.30. The van der Waals surface area contributed by atoms with Crippen LogP contribution in [0, 0.1) is 6.92 Å². The normalized spacial score (nSPS) is 12.6. The van der Waals surface area contributed by atoms with E-state index in [-0.39, 0.29) is 6.04 Å². The first-order valence-electron chi connectivity index (χ1n) is 6.30. The van der Waals surface area contributed by atoms with Crippen molar-refractivity contribution in [3.8, 4) is 0 Å². The van der Waals surface area contributed by atoms with Crippen molar-refractivity contribution in [1.29, 1.82) is 0 Å². The van der Waals surface area contributed by atoms with E-state index < -0.39 is 0 Å². The molecule has 3 N–H and O–H groups in total. The summed E-state index contributed by atoms with van der Waals surface area (Å²) >= 11 is 6.25. The molecule has 0 spiro atoms. The monoisotopic (exact) mass is 278 g/mol. The van der Waals surface area contributed by atoms with E-state index in [0.29, 0.717) is 5.15 Å². The summed E-state index contributed by atoms with van der Waals surface area (Å²) in [7, 11) is 1.85. The first-order chi connectivity index (χ1) is 9.11. The van der Waals surface area contributed by atoms with E-state index in [0.717, 1.165) is 24.1 Å². The molecule has 1 unspecified atom stereocenters. The molecule has 0 saturated heterocycles. The van der Waals surface area contributed by atoms with Gasteiger partial charge in [0.25, 0.3) is 0 Å². The zero-order chi connectivity index (χ0) is 13.8. The first-order valence-corrected chi connectivity index (χ1v) is 6.67. The predicted octanol–water partition coefficient (Wildman–Crippen LogP) is 2.00. The molecule has 1 atom stereocenters. The van der Waals surface area contributed by atoms with Gasteiger partial charge in [0.05, 0.1) is 5.69 Å². The molecule has 1 aromatic heterocycles. The second kappa shape index (κ2) is 6.19. The molecule has 0 saturated carbocycles. The maximum Gasteiger partial charge on any atom is 0.130 e. The van der Waals surface area contributed by atoms with Crippen molar-refractivity contribution < 1.29 is 0 Å². The van der Waals surface area contributed by atoms with E-state index >= 15 is 0 Å². The quantitative estimate of drug-likeness (QED) is 0.650. The van der Waals surface area contributed by atoms with Gasteiger partial charge in [-0.2, -0.15) is 5.10 Å². The number of hydrazine groups is 1. The molecule has 0 bridgehead atoms. The van der Waals surface area contributed by atoms with E-state index in [9.17, 15) is 0 Å². The zero-order valence-corrected chi connectivity index (χ0v) is 12.0. The number of benzene rings is 1. The zero-order valence-electron chi connectivity index (χ0n) is 11.2. The number of aromatic nitrogens is 2. The van der Waals surface area contributed by atoms with Crippen molar-refractivity contribution in [2.45, 2.75) is 25.8 Å². The summed E-state index contributed by atoms with van der Waals surface area (Å²) in [4.78, 5) is 0. The minimum atomic E-state index is 0.141. The second-order valence-corrected chi connectivity index (χ2v) is 5.09. The second-order valence-electron chi connectivity index (χ2n) is 4.74. The minimum absolute atomic E-state index is 0.141. The molecular weight excluding hydrogens is 260 g/mol. The Balaban J connectivity index is 2.11.